The number of hydrogen-bond acceptors (Lipinski definition) is 8. The minimum atomic E-state index is -0.489. The summed E-state index contributed by atoms with van der Waals surface area (Å²) in [5, 5.41) is 24.8. The minimum Gasteiger partial charge on any atom is -0.349 e. The zero-order chi connectivity index (χ0) is 28.8. The molecule has 0 radical (unpaired) electrons. The molecule has 0 aromatic carbocycles. The fourth-order valence-corrected chi connectivity index (χ4v) is 5.20. The summed E-state index contributed by atoms with van der Waals surface area (Å²) >= 11 is 0. The van der Waals surface area contributed by atoms with Gasteiger partial charge in [0.1, 0.15) is 22.4 Å². The predicted octanol–water partition coefficient (Wildman–Crippen LogP) is 6.60. The van der Waals surface area contributed by atoms with Crippen LogP contribution in [-0.2, 0) is 0 Å². The van der Waals surface area contributed by atoms with Gasteiger partial charge >= 0.3 is 11.4 Å². The molecule has 42 heavy (non-hydrogen) atoms. The van der Waals surface area contributed by atoms with Gasteiger partial charge in [0.25, 0.3) is 0 Å². The quantitative estimate of drug-likeness (QED) is 0.181. The summed E-state index contributed by atoms with van der Waals surface area (Å²) in [6.07, 6.45) is 13.0. The smallest absolute Gasteiger partial charge is 0.320 e. The third-order valence-electron chi connectivity index (χ3n) is 7.00. The fourth-order valence-electron chi connectivity index (χ4n) is 5.20. The van der Waals surface area contributed by atoms with Crippen molar-refractivity contribution in [3.63, 3.8) is 0 Å². The lowest BCUT2D eigenvalue weighted by Gasteiger charge is -2.03. The van der Waals surface area contributed by atoms with Crippen LogP contribution in [-0.4, -0.2) is 39.8 Å². The first-order valence-corrected chi connectivity index (χ1v) is 12.7. The average Bonchev–Trinajstić information content (AvgIpc) is 3.80. The number of aromatic amines is 2. The van der Waals surface area contributed by atoms with E-state index >= 15 is 0 Å². The van der Waals surface area contributed by atoms with E-state index < -0.39 is 9.85 Å². The van der Waals surface area contributed by atoms with Crippen LogP contribution < -0.4 is 0 Å². The van der Waals surface area contributed by atoms with Crippen molar-refractivity contribution in [3.8, 4) is 22.3 Å². The SMILES string of the molecule is O=[N+]([O-])c1c2nc(c(-c3ccncc3)c3ccc([nH]3)c([N+](=O)[O-])c3ccc([nH]3)c(-c3ccncc3)c3nc1C=C3)C=C2. The maximum absolute atomic E-state index is 12.4. The zero-order valence-corrected chi connectivity index (χ0v) is 21.6. The Morgan fingerprint density at radius 3 is 1.29 bits per heavy atom. The molecule has 12 nitrogen and oxygen atoms in total. The monoisotopic (exact) mass is 554 g/mol. The Labute approximate surface area is 236 Å². The molecule has 0 atom stereocenters. The van der Waals surface area contributed by atoms with Crippen LogP contribution in [0, 0.1) is 20.2 Å². The molecule has 2 aliphatic rings. The number of rotatable bonds is 4. The van der Waals surface area contributed by atoms with Crippen LogP contribution in [0.1, 0.15) is 22.8 Å². The standard InChI is InChI=1S/C30H18N8O4/c39-37(40)29-23-5-1-19(33-23)27(17-9-13-31-14-10-17)20-2-6-25(34-20)30(38(41)42)26-8-4-22(36-26)28(18-11-15-32-16-12-18)21-3-7-24(29)35-21/h1-16,33,35H. The van der Waals surface area contributed by atoms with Crippen LogP contribution >= 0.6 is 0 Å². The summed E-state index contributed by atoms with van der Waals surface area (Å²) in [5.41, 5.74) is 5.02. The molecule has 2 aliphatic heterocycles. The summed E-state index contributed by atoms with van der Waals surface area (Å²) in [7, 11) is 0. The van der Waals surface area contributed by atoms with Gasteiger partial charge in [-0.3, -0.25) is 30.2 Å². The van der Waals surface area contributed by atoms with E-state index in [9.17, 15) is 20.2 Å². The molecule has 0 aliphatic carbocycles. The van der Waals surface area contributed by atoms with E-state index in [1.807, 2.05) is 0 Å². The predicted molar refractivity (Wildman–Crippen MR) is 159 cm³/mol. The Morgan fingerprint density at radius 2 is 0.881 bits per heavy atom. The van der Waals surface area contributed by atoms with Crippen molar-refractivity contribution in [2.45, 2.75) is 0 Å². The van der Waals surface area contributed by atoms with Crippen molar-refractivity contribution >= 4 is 57.7 Å². The van der Waals surface area contributed by atoms with E-state index in [1.165, 1.54) is 0 Å². The molecule has 7 heterocycles. The minimum absolute atomic E-state index is 0.134. The summed E-state index contributed by atoms with van der Waals surface area (Å²) in [5.74, 6) is 0. The van der Waals surface area contributed by atoms with Gasteiger partial charge in [-0.1, -0.05) is 0 Å². The van der Waals surface area contributed by atoms with Crippen LogP contribution in [0.3, 0.4) is 0 Å². The Morgan fingerprint density at radius 1 is 0.500 bits per heavy atom. The van der Waals surface area contributed by atoms with Gasteiger partial charge in [0, 0.05) is 46.9 Å². The van der Waals surface area contributed by atoms with Gasteiger partial charge < -0.3 is 9.97 Å². The van der Waals surface area contributed by atoms with Crippen molar-refractivity contribution < 1.29 is 9.85 Å². The van der Waals surface area contributed by atoms with Gasteiger partial charge in [0.15, 0.2) is 0 Å². The highest BCUT2D eigenvalue weighted by Crippen LogP contribution is 2.36. The first-order chi connectivity index (χ1) is 20.5. The number of pyridine rings is 2. The maximum Gasteiger partial charge on any atom is 0.320 e. The van der Waals surface area contributed by atoms with Crippen molar-refractivity contribution in [2.24, 2.45) is 0 Å². The van der Waals surface area contributed by atoms with Crippen molar-refractivity contribution in [3.05, 3.63) is 116 Å². The second-order valence-electron chi connectivity index (χ2n) is 9.44. The molecule has 202 valence electrons. The number of fused-ring (bicyclic) bond motifs is 8. The van der Waals surface area contributed by atoms with Crippen LogP contribution in [0.2, 0.25) is 0 Å². The van der Waals surface area contributed by atoms with E-state index in [0.717, 1.165) is 11.1 Å². The molecular formula is C30H18N8O4. The van der Waals surface area contributed by atoms with E-state index in [1.54, 1.807) is 97.6 Å². The van der Waals surface area contributed by atoms with Gasteiger partial charge in [-0.2, -0.15) is 0 Å². The zero-order valence-electron chi connectivity index (χ0n) is 21.6. The summed E-state index contributed by atoms with van der Waals surface area (Å²) in [6, 6.07) is 13.8. The lowest BCUT2D eigenvalue weighted by Crippen LogP contribution is -1.95. The highest BCUT2D eigenvalue weighted by atomic mass is 16.6. The molecule has 0 saturated carbocycles. The molecule has 5 aromatic rings. The molecule has 0 amide bonds. The van der Waals surface area contributed by atoms with Crippen molar-refractivity contribution in [2.75, 3.05) is 0 Å². The maximum atomic E-state index is 12.4. The lowest BCUT2D eigenvalue weighted by molar-refractivity contribution is -0.385. The number of hydrogen-bond donors (Lipinski definition) is 2. The molecule has 0 unspecified atom stereocenters. The van der Waals surface area contributed by atoms with Crippen molar-refractivity contribution in [1.29, 1.82) is 0 Å². The van der Waals surface area contributed by atoms with E-state index in [-0.39, 0.29) is 33.8 Å². The van der Waals surface area contributed by atoms with E-state index in [4.69, 9.17) is 0 Å². The van der Waals surface area contributed by atoms with Crippen LogP contribution in [0.5, 0.6) is 0 Å². The molecule has 0 fully saturated rings. The van der Waals surface area contributed by atoms with Crippen LogP contribution in [0.25, 0.3) is 68.6 Å². The molecule has 0 spiro atoms. The molecule has 5 aromatic heterocycles. The number of nitrogens with zero attached hydrogens (tertiary/aromatic N) is 6. The Balaban J connectivity index is 1.70. The Bertz CT molecular complexity index is 2010. The van der Waals surface area contributed by atoms with Gasteiger partial charge in [-0.15, -0.1) is 0 Å². The summed E-state index contributed by atoms with van der Waals surface area (Å²) < 4.78 is 0. The molecule has 12 heteroatoms. The topological polar surface area (TPSA) is 169 Å². The molecule has 0 saturated heterocycles. The number of aromatic nitrogens is 6. The van der Waals surface area contributed by atoms with Crippen LogP contribution in [0.4, 0.5) is 11.4 Å². The van der Waals surface area contributed by atoms with E-state index in [0.29, 0.717) is 33.5 Å². The first-order valence-electron chi connectivity index (χ1n) is 12.7. The second-order valence-corrected chi connectivity index (χ2v) is 9.44. The second kappa shape index (κ2) is 9.71. The van der Waals surface area contributed by atoms with Crippen molar-refractivity contribution in [1.82, 2.24) is 29.9 Å². The van der Waals surface area contributed by atoms with Gasteiger partial charge in [-0.05, 0) is 84.0 Å². The molecular weight excluding hydrogens is 536 g/mol. The summed E-state index contributed by atoms with van der Waals surface area (Å²) in [6.45, 7) is 0. The number of H-pyrrole nitrogens is 2. The van der Waals surface area contributed by atoms with Gasteiger partial charge in [-0.25, -0.2) is 9.97 Å². The summed E-state index contributed by atoms with van der Waals surface area (Å²) in [4.78, 5) is 47.7. The lowest BCUT2D eigenvalue weighted by atomic mass is 10.1. The highest BCUT2D eigenvalue weighted by Gasteiger charge is 2.25. The number of nitrogens with one attached hydrogen (secondary N) is 2. The normalized spacial score (nSPS) is 12.0. The molecule has 7 rings (SSSR count). The fraction of sp³-hybridized carbons (Fsp3) is 0. The van der Waals surface area contributed by atoms with Crippen LogP contribution in [0.15, 0.2) is 73.3 Å². The largest absolute Gasteiger partial charge is 0.349 e. The van der Waals surface area contributed by atoms with Gasteiger partial charge in [0.2, 0.25) is 0 Å². The van der Waals surface area contributed by atoms with Gasteiger partial charge in [0.05, 0.1) is 21.2 Å². The average molecular weight is 555 g/mol. The first kappa shape index (κ1) is 24.7. The van der Waals surface area contributed by atoms with E-state index in [2.05, 4.69) is 29.9 Å². The Hall–Kier alpha value is -6.30. The third-order valence-corrected chi connectivity index (χ3v) is 7.00. The third kappa shape index (κ3) is 4.10. The Kier molecular flexibility index (Phi) is 5.72. The molecule has 8 bridgehead atoms. The highest BCUT2D eigenvalue weighted by molar-refractivity contribution is 5.96. The number of nitro groups is 2. The molecule has 2 N–H and O–H groups in total.